The number of hydrogen-bond acceptors (Lipinski definition) is 3. The second kappa shape index (κ2) is 6.18. The van der Waals surface area contributed by atoms with E-state index >= 15 is 0 Å². The Hall–Kier alpha value is -0.680. The summed E-state index contributed by atoms with van der Waals surface area (Å²) in [4.78, 5) is 0. The molecule has 0 radical (unpaired) electrons. The molecule has 2 N–H and O–H groups in total. The van der Waals surface area contributed by atoms with E-state index < -0.39 is 5.60 Å². The van der Waals surface area contributed by atoms with E-state index in [2.05, 4.69) is 5.32 Å². The summed E-state index contributed by atoms with van der Waals surface area (Å²) < 4.78 is 19.0. The van der Waals surface area contributed by atoms with Gasteiger partial charge in [0.05, 0.1) is 18.8 Å². The summed E-state index contributed by atoms with van der Waals surface area (Å²) in [6.07, 6.45) is 0.747. The fourth-order valence-electron chi connectivity index (χ4n) is 2.44. The Balaban J connectivity index is 2.00. The van der Waals surface area contributed by atoms with Crippen molar-refractivity contribution in [1.29, 1.82) is 0 Å². The molecule has 1 aromatic carbocycles. The van der Waals surface area contributed by atoms with E-state index in [1.165, 1.54) is 12.1 Å². The molecule has 0 saturated carbocycles. The first-order chi connectivity index (χ1) is 8.96. The van der Waals surface area contributed by atoms with Crippen molar-refractivity contribution >= 4 is 11.6 Å². The van der Waals surface area contributed by atoms with Gasteiger partial charge in [-0.15, -0.1) is 0 Å². The normalized spacial score (nSPS) is 23.1. The Bertz CT molecular complexity index is 433. The molecule has 1 heterocycles. The second-order valence-electron chi connectivity index (χ2n) is 5.34. The molecule has 2 atom stereocenters. The molecule has 1 aromatic rings. The molecule has 2 rings (SSSR count). The lowest BCUT2D eigenvalue weighted by atomic mass is 9.89. The second-order valence-corrected chi connectivity index (χ2v) is 5.78. The molecule has 0 aromatic heterocycles. The highest BCUT2D eigenvalue weighted by Crippen LogP contribution is 2.23. The van der Waals surface area contributed by atoms with E-state index in [1.807, 2.05) is 0 Å². The number of nitrogens with one attached hydrogen (secondary N) is 1. The van der Waals surface area contributed by atoms with Gasteiger partial charge in [0.1, 0.15) is 5.82 Å². The van der Waals surface area contributed by atoms with Crippen LogP contribution < -0.4 is 5.32 Å². The first kappa shape index (κ1) is 14.7. The molecule has 1 saturated heterocycles. The summed E-state index contributed by atoms with van der Waals surface area (Å²) in [6, 6.07) is 4.50. The SMILES string of the molecule is CC(O)(Cc1cc(Cl)ccc1F)CC1COCCN1. The summed E-state index contributed by atoms with van der Waals surface area (Å²) >= 11 is 5.86. The van der Waals surface area contributed by atoms with Crippen LogP contribution in [0, 0.1) is 5.82 Å². The van der Waals surface area contributed by atoms with Crippen LogP contribution in [0.5, 0.6) is 0 Å². The lowest BCUT2D eigenvalue weighted by Crippen LogP contribution is -2.46. The monoisotopic (exact) mass is 287 g/mol. The largest absolute Gasteiger partial charge is 0.390 e. The van der Waals surface area contributed by atoms with Gasteiger partial charge in [-0.05, 0) is 37.1 Å². The molecule has 0 amide bonds. The minimum Gasteiger partial charge on any atom is -0.390 e. The van der Waals surface area contributed by atoms with Gasteiger partial charge < -0.3 is 15.2 Å². The molecular formula is C14H19ClFNO2. The fraction of sp³-hybridized carbons (Fsp3) is 0.571. The molecule has 0 aliphatic carbocycles. The maximum atomic E-state index is 13.7. The Morgan fingerprint density at radius 3 is 3.05 bits per heavy atom. The quantitative estimate of drug-likeness (QED) is 0.892. The molecule has 19 heavy (non-hydrogen) atoms. The zero-order chi connectivity index (χ0) is 13.9. The van der Waals surface area contributed by atoms with Gasteiger partial charge in [-0.2, -0.15) is 0 Å². The number of aliphatic hydroxyl groups is 1. The maximum Gasteiger partial charge on any atom is 0.126 e. The molecule has 1 aliphatic heterocycles. The maximum absolute atomic E-state index is 13.7. The van der Waals surface area contributed by atoms with Crippen LogP contribution in [0.4, 0.5) is 4.39 Å². The Morgan fingerprint density at radius 1 is 1.58 bits per heavy atom. The summed E-state index contributed by atoms with van der Waals surface area (Å²) in [7, 11) is 0. The zero-order valence-electron chi connectivity index (χ0n) is 11.0. The van der Waals surface area contributed by atoms with Crippen LogP contribution in [0.3, 0.4) is 0 Å². The summed E-state index contributed by atoms with van der Waals surface area (Å²) in [5.74, 6) is -0.336. The first-order valence-corrected chi connectivity index (χ1v) is 6.81. The average molecular weight is 288 g/mol. The Morgan fingerprint density at radius 2 is 2.37 bits per heavy atom. The Kier molecular flexibility index (Phi) is 4.79. The predicted octanol–water partition coefficient (Wildman–Crippen LogP) is 2.15. The van der Waals surface area contributed by atoms with Gasteiger partial charge in [0.2, 0.25) is 0 Å². The molecule has 0 bridgehead atoms. The van der Waals surface area contributed by atoms with Gasteiger partial charge >= 0.3 is 0 Å². The summed E-state index contributed by atoms with van der Waals surface area (Å²) in [5, 5.41) is 14.2. The lowest BCUT2D eigenvalue weighted by molar-refractivity contribution is 0.00606. The van der Waals surface area contributed by atoms with Gasteiger partial charge in [-0.3, -0.25) is 0 Å². The van der Waals surface area contributed by atoms with Crippen molar-refractivity contribution < 1.29 is 14.2 Å². The Labute approximate surface area is 117 Å². The third-order valence-corrected chi connectivity index (χ3v) is 3.50. The number of rotatable bonds is 4. The zero-order valence-corrected chi connectivity index (χ0v) is 11.7. The molecule has 1 aliphatic rings. The van der Waals surface area contributed by atoms with Crippen molar-refractivity contribution in [3.8, 4) is 0 Å². The number of halogens is 2. The molecule has 5 heteroatoms. The third kappa shape index (κ3) is 4.42. The van der Waals surface area contributed by atoms with Crippen LogP contribution >= 0.6 is 11.6 Å². The minimum absolute atomic E-state index is 0.103. The number of benzene rings is 1. The van der Waals surface area contributed by atoms with Gasteiger partial charge in [-0.25, -0.2) is 4.39 Å². The van der Waals surface area contributed by atoms with Crippen molar-refractivity contribution in [2.75, 3.05) is 19.8 Å². The van der Waals surface area contributed by atoms with Crippen LogP contribution in [-0.2, 0) is 11.2 Å². The molecule has 3 nitrogen and oxygen atoms in total. The average Bonchev–Trinajstić information content (AvgIpc) is 2.34. The van der Waals surface area contributed by atoms with Crippen molar-refractivity contribution in [3.05, 3.63) is 34.6 Å². The van der Waals surface area contributed by atoms with Crippen molar-refractivity contribution in [2.45, 2.75) is 31.4 Å². The van der Waals surface area contributed by atoms with E-state index in [1.54, 1.807) is 13.0 Å². The molecular weight excluding hydrogens is 269 g/mol. The van der Waals surface area contributed by atoms with E-state index in [0.29, 0.717) is 30.2 Å². The molecule has 0 spiro atoms. The van der Waals surface area contributed by atoms with E-state index in [4.69, 9.17) is 16.3 Å². The van der Waals surface area contributed by atoms with Crippen molar-refractivity contribution in [2.24, 2.45) is 0 Å². The van der Waals surface area contributed by atoms with E-state index in [-0.39, 0.29) is 18.3 Å². The molecule has 106 valence electrons. The van der Waals surface area contributed by atoms with Gasteiger partial charge in [0.15, 0.2) is 0 Å². The van der Waals surface area contributed by atoms with Crippen LogP contribution in [-0.4, -0.2) is 36.5 Å². The van der Waals surface area contributed by atoms with Crippen molar-refractivity contribution in [1.82, 2.24) is 5.32 Å². The fourth-order valence-corrected chi connectivity index (χ4v) is 2.64. The lowest BCUT2D eigenvalue weighted by Gasteiger charge is -2.31. The van der Waals surface area contributed by atoms with E-state index in [9.17, 15) is 9.50 Å². The number of hydrogen-bond donors (Lipinski definition) is 2. The highest BCUT2D eigenvalue weighted by molar-refractivity contribution is 6.30. The van der Waals surface area contributed by atoms with Gasteiger partial charge in [0, 0.05) is 24.0 Å². The van der Waals surface area contributed by atoms with E-state index in [0.717, 1.165) is 6.54 Å². The van der Waals surface area contributed by atoms with Gasteiger partial charge in [-0.1, -0.05) is 11.6 Å². The van der Waals surface area contributed by atoms with Crippen LogP contribution in [0.25, 0.3) is 0 Å². The van der Waals surface area contributed by atoms with Crippen molar-refractivity contribution in [3.63, 3.8) is 0 Å². The predicted molar refractivity (Wildman–Crippen MR) is 73.0 cm³/mol. The summed E-state index contributed by atoms with van der Waals surface area (Å²) in [6.45, 7) is 3.77. The first-order valence-electron chi connectivity index (χ1n) is 6.44. The summed E-state index contributed by atoms with van der Waals surface area (Å²) in [5.41, 5.74) is -0.557. The van der Waals surface area contributed by atoms with Crippen LogP contribution in [0.1, 0.15) is 18.9 Å². The van der Waals surface area contributed by atoms with Crippen LogP contribution in [0.2, 0.25) is 5.02 Å². The molecule has 1 fully saturated rings. The number of morpholine rings is 1. The minimum atomic E-state index is -0.996. The van der Waals surface area contributed by atoms with Gasteiger partial charge in [0.25, 0.3) is 0 Å². The topological polar surface area (TPSA) is 41.5 Å². The third-order valence-electron chi connectivity index (χ3n) is 3.26. The number of ether oxygens (including phenoxy) is 1. The highest BCUT2D eigenvalue weighted by atomic mass is 35.5. The standard InChI is InChI=1S/C14H19ClFNO2/c1-14(18,8-12-9-19-5-4-17-12)7-10-6-11(15)2-3-13(10)16/h2-3,6,12,17-18H,4-5,7-9H2,1H3. The molecule has 2 unspecified atom stereocenters. The smallest absolute Gasteiger partial charge is 0.126 e. The van der Waals surface area contributed by atoms with Crippen LogP contribution in [0.15, 0.2) is 18.2 Å². The highest BCUT2D eigenvalue weighted by Gasteiger charge is 2.28.